The molecule has 0 aliphatic carbocycles. The minimum absolute atomic E-state index is 0.0417. The Labute approximate surface area is 185 Å². The van der Waals surface area contributed by atoms with Gasteiger partial charge in [0.2, 0.25) is 5.89 Å². The number of rotatable bonds is 5. The number of oxazole rings is 1. The smallest absolute Gasteiger partial charge is 0.355 e. The van der Waals surface area contributed by atoms with E-state index in [0.29, 0.717) is 17.1 Å². The van der Waals surface area contributed by atoms with Gasteiger partial charge in [0.1, 0.15) is 5.82 Å². The number of nitrogens with zero attached hydrogens (tertiary/aromatic N) is 3. The maximum Gasteiger partial charge on any atom is 0.355 e. The third-order valence-electron chi connectivity index (χ3n) is 4.34. The fraction of sp³-hybridized carbons (Fsp3) is 0.0952. The fourth-order valence-corrected chi connectivity index (χ4v) is 3.14. The van der Waals surface area contributed by atoms with Crippen LogP contribution < -0.4 is 11.0 Å². The first-order valence-electron chi connectivity index (χ1n) is 9.13. The van der Waals surface area contributed by atoms with E-state index >= 15 is 0 Å². The van der Waals surface area contributed by atoms with Crippen molar-refractivity contribution in [2.24, 2.45) is 0 Å². The maximum absolute atomic E-state index is 14.5. The van der Waals surface area contributed by atoms with Crippen molar-refractivity contribution in [3.05, 3.63) is 80.8 Å². The summed E-state index contributed by atoms with van der Waals surface area (Å²) in [4.78, 5) is 20.7. The van der Waals surface area contributed by atoms with E-state index < -0.39 is 17.3 Å². The Balaban J connectivity index is 1.94. The molecule has 2 aromatic carbocycles. The molecule has 0 saturated carbocycles. The number of hydrogen-bond acceptors (Lipinski definition) is 5. The zero-order valence-electron chi connectivity index (χ0n) is 16.0. The van der Waals surface area contributed by atoms with Gasteiger partial charge in [0, 0.05) is 22.7 Å². The molecule has 0 atom stereocenters. The van der Waals surface area contributed by atoms with Crippen molar-refractivity contribution in [1.29, 1.82) is 0 Å². The van der Waals surface area contributed by atoms with Gasteiger partial charge in [-0.3, -0.25) is 0 Å². The first-order chi connectivity index (χ1) is 14.9. The highest BCUT2D eigenvalue weighted by Gasteiger charge is 2.22. The van der Waals surface area contributed by atoms with Crippen LogP contribution in [0.5, 0.6) is 0 Å². The minimum Gasteiger partial charge on any atom is -0.434 e. The summed E-state index contributed by atoms with van der Waals surface area (Å²) in [6, 6.07) is 10.6. The number of anilines is 1. The van der Waals surface area contributed by atoms with Crippen LogP contribution in [0.4, 0.5) is 14.6 Å². The lowest BCUT2D eigenvalue weighted by Gasteiger charge is -2.07. The molecular formula is C21H14Cl2F2N4O2. The first kappa shape index (κ1) is 21.0. The van der Waals surface area contributed by atoms with E-state index in [2.05, 4.69) is 15.3 Å². The Morgan fingerprint density at radius 1 is 1.03 bits per heavy atom. The van der Waals surface area contributed by atoms with Crippen LogP contribution in [0.15, 0.2) is 57.9 Å². The Hall–Kier alpha value is -3.23. The van der Waals surface area contributed by atoms with Gasteiger partial charge in [0.15, 0.2) is 23.2 Å². The van der Waals surface area contributed by atoms with Crippen molar-refractivity contribution in [2.45, 2.75) is 6.92 Å². The second-order valence-electron chi connectivity index (χ2n) is 6.43. The predicted octanol–water partition coefficient (Wildman–Crippen LogP) is 5.57. The van der Waals surface area contributed by atoms with Crippen LogP contribution in [-0.2, 0) is 0 Å². The lowest BCUT2D eigenvalue weighted by molar-refractivity contribution is 0.583. The molecule has 2 heterocycles. The van der Waals surface area contributed by atoms with Crippen LogP contribution >= 0.6 is 23.2 Å². The number of benzene rings is 2. The molecule has 0 aliphatic heterocycles. The van der Waals surface area contributed by atoms with Crippen molar-refractivity contribution in [3.8, 4) is 28.6 Å². The highest BCUT2D eigenvalue weighted by atomic mass is 35.5. The van der Waals surface area contributed by atoms with Crippen molar-refractivity contribution >= 4 is 29.0 Å². The summed E-state index contributed by atoms with van der Waals surface area (Å²) in [6.07, 6.45) is 0.951. The summed E-state index contributed by atoms with van der Waals surface area (Å²) in [5, 5.41) is 3.10. The van der Waals surface area contributed by atoms with E-state index in [9.17, 15) is 13.6 Å². The summed E-state index contributed by atoms with van der Waals surface area (Å²) >= 11 is 11.7. The van der Waals surface area contributed by atoms with Gasteiger partial charge in [0.25, 0.3) is 0 Å². The van der Waals surface area contributed by atoms with E-state index in [0.717, 1.165) is 16.8 Å². The zero-order chi connectivity index (χ0) is 22.1. The zero-order valence-corrected chi connectivity index (χ0v) is 17.5. The number of nitrogens with one attached hydrogen (secondary N) is 1. The third kappa shape index (κ3) is 4.17. The number of aromatic nitrogens is 3. The molecule has 0 bridgehead atoms. The maximum atomic E-state index is 14.5. The molecule has 0 unspecified atom stereocenters. The summed E-state index contributed by atoms with van der Waals surface area (Å²) < 4.78 is 35.4. The molecule has 6 nitrogen and oxygen atoms in total. The SMILES string of the molecule is CCNc1nc(=O)n(-c2nc(-c3ccc(Cl)cc3)oc2-c2ccc(Cl)c(F)c2)cc1F. The fourth-order valence-electron chi connectivity index (χ4n) is 2.89. The Morgan fingerprint density at radius 3 is 2.42 bits per heavy atom. The molecule has 10 heteroatoms. The number of halogens is 4. The van der Waals surface area contributed by atoms with Gasteiger partial charge in [-0.15, -0.1) is 0 Å². The van der Waals surface area contributed by atoms with E-state index in [1.165, 1.54) is 12.1 Å². The molecule has 1 N–H and O–H groups in total. The molecule has 31 heavy (non-hydrogen) atoms. The molecule has 0 saturated heterocycles. The lowest BCUT2D eigenvalue weighted by Crippen LogP contribution is -2.24. The Morgan fingerprint density at radius 2 is 1.74 bits per heavy atom. The van der Waals surface area contributed by atoms with Crippen LogP contribution in [0.3, 0.4) is 0 Å². The minimum atomic E-state index is -0.788. The second-order valence-corrected chi connectivity index (χ2v) is 7.27. The second kappa shape index (κ2) is 8.49. The number of hydrogen-bond donors (Lipinski definition) is 1. The normalized spacial score (nSPS) is 11.0. The molecule has 0 fully saturated rings. The Kier molecular flexibility index (Phi) is 5.75. The first-order valence-corrected chi connectivity index (χ1v) is 9.88. The van der Waals surface area contributed by atoms with Gasteiger partial charge in [-0.25, -0.2) is 18.1 Å². The molecular weight excluding hydrogens is 449 g/mol. The van der Waals surface area contributed by atoms with Crippen LogP contribution in [-0.4, -0.2) is 21.1 Å². The standard InChI is InChI=1S/C21H14Cl2F2N4O2/c1-2-26-18-16(25)10-29(21(30)27-18)19-17(12-5-8-14(23)15(24)9-12)31-20(28-19)11-3-6-13(22)7-4-11/h3-10H,2H2,1H3,(H,26,27,30). The molecule has 2 aromatic heterocycles. The van der Waals surface area contributed by atoms with Crippen molar-refractivity contribution < 1.29 is 13.2 Å². The predicted molar refractivity (Wildman–Crippen MR) is 115 cm³/mol. The molecule has 0 amide bonds. The summed E-state index contributed by atoms with van der Waals surface area (Å²) in [5.74, 6) is -1.50. The topological polar surface area (TPSA) is 73.0 Å². The van der Waals surface area contributed by atoms with Crippen LogP contribution in [0.1, 0.15) is 6.92 Å². The Bertz CT molecular complexity index is 1320. The highest BCUT2D eigenvalue weighted by molar-refractivity contribution is 6.31. The van der Waals surface area contributed by atoms with Crippen molar-refractivity contribution in [3.63, 3.8) is 0 Å². The van der Waals surface area contributed by atoms with Crippen molar-refractivity contribution in [2.75, 3.05) is 11.9 Å². The molecule has 0 radical (unpaired) electrons. The average Bonchev–Trinajstić information content (AvgIpc) is 3.18. The van der Waals surface area contributed by atoms with Gasteiger partial charge >= 0.3 is 5.69 Å². The van der Waals surface area contributed by atoms with Gasteiger partial charge in [-0.1, -0.05) is 23.2 Å². The van der Waals surface area contributed by atoms with E-state index in [1.54, 1.807) is 31.2 Å². The highest BCUT2D eigenvalue weighted by Crippen LogP contribution is 2.33. The van der Waals surface area contributed by atoms with Gasteiger partial charge in [0.05, 0.1) is 11.2 Å². The van der Waals surface area contributed by atoms with Crippen LogP contribution in [0.25, 0.3) is 28.6 Å². The molecule has 158 valence electrons. The third-order valence-corrected chi connectivity index (χ3v) is 4.90. The average molecular weight is 463 g/mol. The van der Waals surface area contributed by atoms with E-state index in [4.69, 9.17) is 27.6 Å². The molecule has 4 aromatic rings. The summed E-state index contributed by atoms with van der Waals surface area (Å²) in [7, 11) is 0. The van der Waals surface area contributed by atoms with Gasteiger partial charge in [-0.05, 0) is 49.4 Å². The summed E-state index contributed by atoms with van der Waals surface area (Å²) in [6.45, 7) is 2.13. The van der Waals surface area contributed by atoms with Crippen LogP contribution in [0.2, 0.25) is 10.0 Å². The largest absolute Gasteiger partial charge is 0.434 e. The monoisotopic (exact) mass is 462 g/mol. The molecule has 0 spiro atoms. The van der Waals surface area contributed by atoms with Gasteiger partial charge in [-0.2, -0.15) is 9.97 Å². The van der Waals surface area contributed by atoms with Crippen LogP contribution in [0, 0.1) is 11.6 Å². The quantitative estimate of drug-likeness (QED) is 0.419. The van der Waals surface area contributed by atoms with E-state index in [1.807, 2.05) is 0 Å². The lowest BCUT2D eigenvalue weighted by atomic mass is 10.1. The molecule has 0 aliphatic rings. The summed E-state index contributed by atoms with van der Waals surface area (Å²) in [5.41, 5.74) is 0.0220. The van der Waals surface area contributed by atoms with Crippen molar-refractivity contribution in [1.82, 2.24) is 14.5 Å². The van der Waals surface area contributed by atoms with E-state index in [-0.39, 0.29) is 33.9 Å². The molecule has 4 rings (SSSR count). The van der Waals surface area contributed by atoms with Gasteiger partial charge < -0.3 is 9.73 Å².